The Bertz CT molecular complexity index is 686. The molecule has 0 bridgehead atoms. The molecule has 0 radical (unpaired) electrons. The van der Waals surface area contributed by atoms with Crippen molar-refractivity contribution in [2.75, 3.05) is 0 Å². The molecule has 0 heterocycles. The molecule has 0 aliphatic heterocycles. The fraction of sp³-hybridized carbons (Fsp3) is 0.810. The third-order valence-corrected chi connectivity index (χ3v) is 8.78. The fourth-order valence-electron chi connectivity index (χ4n) is 7.13. The van der Waals surface area contributed by atoms with Gasteiger partial charge in [0.05, 0.1) is 6.10 Å². The molecule has 5 heteroatoms. The van der Waals surface area contributed by atoms with E-state index in [0.29, 0.717) is 25.7 Å². The number of carbonyl (C=O) groups excluding carboxylic acids is 2. The summed E-state index contributed by atoms with van der Waals surface area (Å²) in [6.45, 7) is 5.50. The van der Waals surface area contributed by atoms with Gasteiger partial charge in [0, 0.05) is 17.3 Å². The molecule has 144 valence electrons. The molecule has 4 aliphatic rings. The predicted octanol–water partition coefficient (Wildman–Crippen LogP) is 1.64. The fourth-order valence-corrected chi connectivity index (χ4v) is 7.13. The van der Waals surface area contributed by atoms with Crippen LogP contribution in [-0.2, 0) is 9.59 Å². The van der Waals surface area contributed by atoms with Gasteiger partial charge in [0.15, 0.2) is 11.6 Å². The van der Waals surface area contributed by atoms with E-state index >= 15 is 0 Å². The van der Waals surface area contributed by atoms with E-state index in [9.17, 15) is 24.9 Å². The average Bonchev–Trinajstić information content (AvgIpc) is 2.87. The second-order valence-corrected chi connectivity index (χ2v) is 9.63. The first-order chi connectivity index (χ1) is 12.1. The number of fused-ring (bicyclic) bond motifs is 5. The topological polar surface area (TPSA) is 94.8 Å². The van der Waals surface area contributed by atoms with Crippen LogP contribution in [0.1, 0.15) is 52.9 Å². The number of ketones is 2. The molecule has 9 atom stereocenters. The monoisotopic (exact) mass is 362 g/mol. The molecule has 3 fully saturated rings. The number of allylic oxidation sites excluding steroid dienone is 1. The molecule has 0 saturated heterocycles. The van der Waals surface area contributed by atoms with Crippen LogP contribution in [-0.4, -0.2) is 44.7 Å². The number of Topliss-reactive ketones (excluding diaryl/α,β-unsaturated/α-hetero) is 2. The van der Waals surface area contributed by atoms with Gasteiger partial charge in [-0.25, -0.2) is 0 Å². The molecule has 3 saturated carbocycles. The summed E-state index contributed by atoms with van der Waals surface area (Å²) in [6, 6.07) is 0. The number of carbonyl (C=O) groups is 2. The van der Waals surface area contributed by atoms with Crippen molar-refractivity contribution in [3.8, 4) is 0 Å². The summed E-state index contributed by atoms with van der Waals surface area (Å²) >= 11 is 0. The van der Waals surface area contributed by atoms with Gasteiger partial charge in [-0.1, -0.05) is 26.0 Å². The van der Waals surface area contributed by atoms with Crippen LogP contribution in [0.3, 0.4) is 0 Å². The number of rotatable bonds is 1. The van der Waals surface area contributed by atoms with Gasteiger partial charge in [0.25, 0.3) is 0 Å². The normalized spacial score (nSPS) is 55.8. The molecule has 4 rings (SSSR count). The maximum Gasteiger partial charge on any atom is 0.165 e. The number of hydrogen-bond donors (Lipinski definition) is 3. The molecule has 0 aromatic carbocycles. The summed E-state index contributed by atoms with van der Waals surface area (Å²) in [4.78, 5) is 25.4. The Hall–Kier alpha value is -1.04. The van der Waals surface area contributed by atoms with Crippen LogP contribution < -0.4 is 0 Å². The molecule has 26 heavy (non-hydrogen) atoms. The zero-order valence-electron chi connectivity index (χ0n) is 15.8. The Morgan fingerprint density at radius 3 is 2.42 bits per heavy atom. The summed E-state index contributed by atoms with van der Waals surface area (Å²) in [5.41, 5.74) is -2.32. The van der Waals surface area contributed by atoms with Crippen molar-refractivity contribution < 1.29 is 24.9 Å². The van der Waals surface area contributed by atoms with Crippen molar-refractivity contribution in [2.45, 2.75) is 70.7 Å². The number of aliphatic hydroxyl groups is 3. The van der Waals surface area contributed by atoms with Gasteiger partial charge >= 0.3 is 0 Å². The van der Waals surface area contributed by atoms with E-state index in [1.165, 1.54) is 6.92 Å². The molecular formula is C21H30O5. The van der Waals surface area contributed by atoms with E-state index in [4.69, 9.17) is 0 Å². The van der Waals surface area contributed by atoms with Crippen LogP contribution in [0.5, 0.6) is 0 Å². The van der Waals surface area contributed by atoms with Crippen molar-refractivity contribution in [1.82, 2.24) is 0 Å². The van der Waals surface area contributed by atoms with Crippen molar-refractivity contribution in [3.63, 3.8) is 0 Å². The predicted molar refractivity (Wildman–Crippen MR) is 95.1 cm³/mol. The molecule has 0 amide bonds. The first kappa shape index (κ1) is 18.3. The highest BCUT2D eigenvalue weighted by Gasteiger charge is 2.68. The van der Waals surface area contributed by atoms with Crippen LogP contribution in [0, 0.1) is 34.5 Å². The lowest BCUT2D eigenvalue weighted by Crippen LogP contribution is -2.63. The SMILES string of the molecule is CC(=O)[C@@]1(O)CC[C@H]2[C@@H]3C(=O)[C@H](O)C4C[C@@H](O)C=C[C@]4(C)[C@H]3CC[C@@]21C. The standard InChI is InChI=1S/C21H30O5/c1-11(22)21(26)9-6-14-16-13(5-8-20(14,21)3)19(2)7-4-12(23)10-15(19)17(24)18(16)25/h4,7,12-17,23-24,26H,5-6,8-10H2,1-3H3/t12-,13-,14-,15?,16+,17+,19+,20-,21-/m0/s1. The molecule has 1 unspecified atom stereocenters. The summed E-state index contributed by atoms with van der Waals surface area (Å²) < 4.78 is 0. The first-order valence-corrected chi connectivity index (χ1v) is 9.89. The van der Waals surface area contributed by atoms with Crippen molar-refractivity contribution >= 4 is 11.6 Å². The molecule has 5 nitrogen and oxygen atoms in total. The van der Waals surface area contributed by atoms with Crippen molar-refractivity contribution in [1.29, 1.82) is 0 Å². The summed E-state index contributed by atoms with van der Waals surface area (Å²) in [6.07, 6.45) is 4.99. The second-order valence-electron chi connectivity index (χ2n) is 9.63. The maximum absolute atomic E-state index is 13.2. The van der Waals surface area contributed by atoms with Gasteiger partial charge in [-0.2, -0.15) is 0 Å². The molecule has 0 aromatic heterocycles. The minimum absolute atomic E-state index is 0.0829. The lowest BCUT2D eigenvalue weighted by atomic mass is 9.44. The van der Waals surface area contributed by atoms with E-state index < -0.39 is 23.2 Å². The van der Waals surface area contributed by atoms with Crippen LogP contribution in [0.15, 0.2) is 12.2 Å². The van der Waals surface area contributed by atoms with Crippen molar-refractivity contribution in [2.24, 2.45) is 34.5 Å². The van der Waals surface area contributed by atoms with E-state index in [1.54, 1.807) is 6.08 Å². The van der Waals surface area contributed by atoms with Crippen LogP contribution in [0.4, 0.5) is 0 Å². The highest BCUT2D eigenvalue weighted by Crippen LogP contribution is 2.66. The highest BCUT2D eigenvalue weighted by atomic mass is 16.3. The largest absolute Gasteiger partial charge is 0.389 e. The number of hydrogen-bond acceptors (Lipinski definition) is 5. The van der Waals surface area contributed by atoms with Crippen LogP contribution in [0.25, 0.3) is 0 Å². The van der Waals surface area contributed by atoms with Gasteiger partial charge in [-0.3, -0.25) is 9.59 Å². The minimum atomic E-state index is -1.37. The third kappa shape index (κ3) is 2.02. The summed E-state index contributed by atoms with van der Waals surface area (Å²) in [7, 11) is 0. The van der Waals surface area contributed by atoms with E-state index in [1.807, 2.05) is 13.0 Å². The maximum atomic E-state index is 13.2. The summed E-state index contributed by atoms with van der Waals surface area (Å²) in [5, 5.41) is 31.9. The smallest absolute Gasteiger partial charge is 0.165 e. The lowest BCUT2D eigenvalue weighted by molar-refractivity contribution is -0.181. The Labute approximate surface area is 154 Å². The zero-order valence-corrected chi connectivity index (χ0v) is 15.8. The van der Waals surface area contributed by atoms with E-state index in [2.05, 4.69) is 6.92 Å². The number of aliphatic hydroxyl groups excluding tert-OH is 2. The Morgan fingerprint density at radius 2 is 1.77 bits per heavy atom. The van der Waals surface area contributed by atoms with E-state index in [-0.39, 0.29) is 40.7 Å². The van der Waals surface area contributed by atoms with Gasteiger partial charge in [-0.15, -0.1) is 0 Å². The molecule has 4 aliphatic carbocycles. The van der Waals surface area contributed by atoms with Gasteiger partial charge in [-0.05, 0) is 56.3 Å². The average molecular weight is 362 g/mol. The lowest BCUT2D eigenvalue weighted by Gasteiger charge is -2.60. The molecule has 0 aromatic rings. The van der Waals surface area contributed by atoms with Crippen molar-refractivity contribution in [3.05, 3.63) is 12.2 Å². The minimum Gasteiger partial charge on any atom is -0.389 e. The van der Waals surface area contributed by atoms with E-state index in [0.717, 1.165) is 6.42 Å². The molecule has 0 spiro atoms. The van der Waals surface area contributed by atoms with Gasteiger partial charge in [0.2, 0.25) is 0 Å². The first-order valence-electron chi connectivity index (χ1n) is 9.89. The Balaban J connectivity index is 1.78. The Morgan fingerprint density at radius 1 is 1.12 bits per heavy atom. The van der Waals surface area contributed by atoms with Gasteiger partial charge in [0.1, 0.15) is 11.7 Å². The third-order valence-electron chi connectivity index (χ3n) is 8.78. The quantitative estimate of drug-likeness (QED) is 0.617. The van der Waals surface area contributed by atoms with Crippen LogP contribution in [0.2, 0.25) is 0 Å². The molecular weight excluding hydrogens is 332 g/mol. The highest BCUT2D eigenvalue weighted by molar-refractivity contribution is 5.89. The second kappa shape index (κ2) is 5.49. The van der Waals surface area contributed by atoms with Gasteiger partial charge < -0.3 is 15.3 Å². The van der Waals surface area contributed by atoms with Crippen LogP contribution >= 0.6 is 0 Å². The molecule has 3 N–H and O–H groups in total. The summed E-state index contributed by atoms with van der Waals surface area (Å²) in [5.74, 6) is -0.972. The Kier molecular flexibility index (Phi) is 3.87. The zero-order chi connectivity index (χ0) is 19.1.